The molecule has 2 atom stereocenters. The zero-order valence-electron chi connectivity index (χ0n) is 11.3. The van der Waals surface area contributed by atoms with Crippen LogP contribution in [-0.4, -0.2) is 35.7 Å². The van der Waals surface area contributed by atoms with E-state index in [0.717, 1.165) is 25.8 Å². The summed E-state index contributed by atoms with van der Waals surface area (Å²) in [5.41, 5.74) is 0. The highest BCUT2D eigenvalue weighted by molar-refractivity contribution is 7.10. The molecule has 0 aromatic carbocycles. The lowest BCUT2D eigenvalue weighted by molar-refractivity contribution is 0.128. The van der Waals surface area contributed by atoms with E-state index in [2.05, 4.69) is 18.3 Å². The van der Waals surface area contributed by atoms with Gasteiger partial charge in [-0.05, 0) is 36.6 Å². The molecular weight excluding hydrogens is 260 g/mol. The van der Waals surface area contributed by atoms with Gasteiger partial charge in [-0.1, -0.05) is 13.0 Å². The van der Waals surface area contributed by atoms with E-state index in [-0.39, 0.29) is 24.6 Å². The quantitative estimate of drug-likeness (QED) is 0.892. The summed E-state index contributed by atoms with van der Waals surface area (Å²) in [5, 5.41) is 14.3. The van der Waals surface area contributed by atoms with E-state index in [9.17, 15) is 9.90 Å². The average molecular weight is 282 g/mol. The van der Waals surface area contributed by atoms with Crippen molar-refractivity contribution in [2.75, 3.05) is 19.7 Å². The molecule has 0 spiro atoms. The van der Waals surface area contributed by atoms with Crippen molar-refractivity contribution in [2.45, 2.75) is 32.2 Å². The van der Waals surface area contributed by atoms with Crippen LogP contribution in [0.25, 0.3) is 0 Å². The molecule has 1 aliphatic rings. The maximum atomic E-state index is 12.3. The largest absolute Gasteiger partial charge is 0.396 e. The number of aliphatic hydroxyl groups excluding tert-OH is 1. The lowest BCUT2D eigenvalue weighted by atomic mass is 9.99. The minimum Gasteiger partial charge on any atom is -0.396 e. The molecule has 1 aromatic rings. The molecule has 106 valence electrons. The fourth-order valence-corrected chi connectivity index (χ4v) is 3.36. The highest BCUT2D eigenvalue weighted by Crippen LogP contribution is 2.23. The molecule has 2 unspecified atom stereocenters. The zero-order chi connectivity index (χ0) is 13.7. The molecule has 0 saturated carbocycles. The van der Waals surface area contributed by atoms with Crippen LogP contribution in [0, 0.1) is 5.92 Å². The van der Waals surface area contributed by atoms with Crippen molar-refractivity contribution in [3.05, 3.63) is 22.4 Å². The first-order valence-corrected chi connectivity index (χ1v) is 7.82. The number of amides is 2. The standard InChI is InChI=1S/C14H22N2O2S/c1-2-12(13-6-4-8-19-13)15-14(18)16-7-3-5-11(9-16)10-17/h4,6,8,11-12,17H,2-3,5,7,9-10H2,1H3,(H,15,18). The number of urea groups is 1. The van der Waals surface area contributed by atoms with Crippen LogP contribution in [0.15, 0.2) is 17.5 Å². The van der Waals surface area contributed by atoms with Gasteiger partial charge in [0.15, 0.2) is 0 Å². The third-order valence-electron chi connectivity index (χ3n) is 3.66. The highest BCUT2D eigenvalue weighted by Gasteiger charge is 2.24. The van der Waals surface area contributed by atoms with Crippen molar-refractivity contribution >= 4 is 17.4 Å². The molecule has 19 heavy (non-hydrogen) atoms. The van der Waals surface area contributed by atoms with Gasteiger partial charge in [0.05, 0.1) is 6.04 Å². The Kier molecular flexibility index (Phi) is 5.22. The molecule has 1 aromatic heterocycles. The van der Waals surface area contributed by atoms with Crippen LogP contribution >= 0.6 is 11.3 Å². The maximum absolute atomic E-state index is 12.3. The number of hydrogen-bond donors (Lipinski definition) is 2. The van der Waals surface area contributed by atoms with Crippen LogP contribution in [0.2, 0.25) is 0 Å². The number of nitrogens with one attached hydrogen (secondary N) is 1. The van der Waals surface area contributed by atoms with E-state index in [1.165, 1.54) is 4.88 Å². The van der Waals surface area contributed by atoms with Crippen molar-refractivity contribution in [1.29, 1.82) is 0 Å². The van der Waals surface area contributed by atoms with Crippen LogP contribution in [0.5, 0.6) is 0 Å². The second-order valence-corrected chi connectivity index (χ2v) is 6.04. The van der Waals surface area contributed by atoms with Gasteiger partial charge in [0, 0.05) is 24.6 Å². The van der Waals surface area contributed by atoms with Gasteiger partial charge in [-0.2, -0.15) is 0 Å². The van der Waals surface area contributed by atoms with Crippen molar-refractivity contribution < 1.29 is 9.90 Å². The number of piperidine rings is 1. The molecular formula is C14H22N2O2S. The second kappa shape index (κ2) is 6.91. The maximum Gasteiger partial charge on any atom is 0.317 e. The van der Waals surface area contributed by atoms with Crippen LogP contribution in [0.1, 0.15) is 37.1 Å². The van der Waals surface area contributed by atoms with Gasteiger partial charge >= 0.3 is 6.03 Å². The number of aliphatic hydroxyl groups is 1. The van der Waals surface area contributed by atoms with Crippen molar-refractivity contribution in [2.24, 2.45) is 5.92 Å². The first-order chi connectivity index (χ1) is 9.24. The Morgan fingerprint density at radius 3 is 3.16 bits per heavy atom. The summed E-state index contributed by atoms with van der Waals surface area (Å²) in [5.74, 6) is 0.237. The minimum absolute atomic E-state index is 0.00148. The Hall–Kier alpha value is -1.07. The molecule has 4 nitrogen and oxygen atoms in total. The minimum atomic E-state index is -0.00148. The van der Waals surface area contributed by atoms with Crippen molar-refractivity contribution in [1.82, 2.24) is 10.2 Å². The van der Waals surface area contributed by atoms with Crippen LogP contribution in [-0.2, 0) is 0 Å². The molecule has 1 aliphatic heterocycles. The number of carbonyl (C=O) groups excluding carboxylic acids is 1. The Balaban J connectivity index is 1.92. The molecule has 0 bridgehead atoms. The molecule has 2 rings (SSSR count). The lowest BCUT2D eigenvalue weighted by Gasteiger charge is -2.33. The van der Waals surface area contributed by atoms with Gasteiger partial charge in [-0.15, -0.1) is 11.3 Å². The number of nitrogens with zero attached hydrogens (tertiary/aromatic N) is 1. The fourth-order valence-electron chi connectivity index (χ4n) is 2.50. The third kappa shape index (κ3) is 3.70. The SMILES string of the molecule is CCC(NC(=O)N1CCCC(CO)C1)c1cccs1. The van der Waals surface area contributed by atoms with Crippen molar-refractivity contribution in [3.8, 4) is 0 Å². The molecule has 2 N–H and O–H groups in total. The highest BCUT2D eigenvalue weighted by atomic mass is 32.1. The third-order valence-corrected chi connectivity index (χ3v) is 4.64. The fraction of sp³-hybridized carbons (Fsp3) is 0.643. The second-order valence-electron chi connectivity index (χ2n) is 5.06. The summed E-state index contributed by atoms with van der Waals surface area (Å²) in [7, 11) is 0. The summed E-state index contributed by atoms with van der Waals surface area (Å²) in [4.78, 5) is 15.3. The van der Waals surface area contributed by atoms with E-state index >= 15 is 0 Å². The topological polar surface area (TPSA) is 52.6 Å². The van der Waals surface area contributed by atoms with Gasteiger partial charge in [0.25, 0.3) is 0 Å². The first-order valence-electron chi connectivity index (χ1n) is 6.94. The Labute approximate surface area is 118 Å². The van der Waals surface area contributed by atoms with E-state index in [4.69, 9.17) is 0 Å². The monoisotopic (exact) mass is 282 g/mol. The average Bonchev–Trinajstić information content (AvgIpc) is 2.98. The molecule has 2 heterocycles. The van der Waals surface area contributed by atoms with Gasteiger partial charge in [-0.3, -0.25) is 0 Å². The van der Waals surface area contributed by atoms with E-state index in [1.54, 1.807) is 11.3 Å². The lowest BCUT2D eigenvalue weighted by Crippen LogP contribution is -2.47. The van der Waals surface area contributed by atoms with E-state index in [1.807, 2.05) is 16.3 Å². The van der Waals surface area contributed by atoms with Gasteiger partial charge < -0.3 is 15.3 Å². The number of hydrogen-bond acceptors (Lipinski definition) is 3. The normalized spacial score (nSPS) is 21.2. The molecule has 5 heteroatoms. The van der Waals surface area contributed by atoms with Crippen LogP contribution < -0.4 is 5.32 Å². The summed E-state index contributed by atoms with van der Waals surface area (Å²) in [6.07, 6.45) is 2.89. The molecule has 1 saturated heterocycles. The summed E-state index contributed by atoms with van der Waals surface area (Å²) in [6, 6.07) is 4.17. The summed E-state index contributed by atoms with van der Waals surface area (Å²) in [6.45, 7) is 3.72. The summed E-state index contributed by atoms with van der Waals surface area (Å²) >= 11 is 1.68. The Bertz CT molecular complexity index is 394. The Morgan fingerprint density at radius 1 is 1.68 bits per heavy atom. The predicted molar refractivity (Wildman–Crippen MR) is 77.3 cm³/mol. The number of thiophene rings is 1. The summed E-state index contributed by atoms with van der Waals surface area (Å²) < 4.78 is 0. The predicted octanol–water partition coefficient (Wildman–Crippen LogP) is 2.61. The first kappa shape index (κ1) is 14.3. The Morgan fingerprint density at radius 2 is 2.53 bits per heavy atom. The van der Waals surface area contributed by atoms with Crippen LogP contribution in [0.4, 0.5) is 4.79 Å². The van der Waals surface area contributed by atoms with E-state index < -0.39 is 0 Å². The number of carbonyl (C=O) groups is 1. The van der Waals surface area contributed by atoms with Crippen LogP contribution in [0.3, 0.4) is 0 Å². The zero-order valence-corrected chi connectivity index (χ0v) is 12.2. The molecule has 0 aliphatic carbocycles. The molecule has 1 fully saturated rings. The number of rotatable bonds is 4. The van der Waals surface area contributed by atoms with Gasteiger partial charge in [-0.25, -0.2) is 4.79 Å². The van der Waals surface area contributed by atoms with E-state index in [0.29, 0.717) is 6.54 Å². The molecule has 0 radical (unpaired) electrons. The number of likely N-dealkylation sites (tertiary alicyclic amines) is 1. The smallest absolute Gasteiger partial charge is 0.317 e. The molecule has 2 amide bonds. The van der Waals surface area contributed by atoms with Gasteiger partial charge in [0.2, 0.25) is 0 Å². The van der Waals surface area contributed by atoms with Gasteiger partial charge in [0.1, 0.15) is 0 Å². The van der Waals surface area contributed by atoms with Crippen molar-refractivity contribution in [3.63, 3.8) is 0 Å².